The van der Waals surface area contributed by atoms with E-state index in [1.54, 1.807) is 0 Å². The molecule has 0 saturated carbocycles. The fourth-order valence-electron chi connectivity index (χ4n) is 1.25. The molecular weight excluding hydrogens is 152 g/mol. The van der Waals surface area contributed by atoms with Crippen molar-refractivity contribution in [2.75, 3.05) is 0 Å². The number of carbonyl (C=O) groups is 1. The molecule has 0 aliphatic rings. The maximum atomic E-state index is 10.1. The van der Waals surface area contributed by atoms with E-state index in [1.165, 1.54) is 19.3 Å². The summed E-state index contributed by atoms with van der Waals surface area (Å²) < 4.78 is 0. The molecule has 1 atom stereocenters. The van der Waals surface area contributed by atoms with E-state index in [2.05, 4.69) is 13.8 Å². The summed E-state index contributed by atoms with van der Waals surface area (Å²) in [5.74, 6) is -0.383. The molecule has 0 aliphatic carbocycles. The van der Waals surface area contributed by atoms with Crippen LogP contribution in [0.15, 0.2) is 0 Å². The van der Waals surface area contributed by atoms with Gasteiger partial charge in [-0.05, 0) is 12.3 Å². The van der Waals surface area contributed by atoms with Gasteiger partial charge in [0.1, 0.15) is 0 Å². The Bertz CT molecular complexity index is 121. The van der Waals surface area contributed by atoms with Crippen molar-refractivity contribution >= 4 is 5.97 Å². The number of hydrogen-bond donors (Lipinski definition) is 0. The van der Waals surface area contributed by atoms with Crippen LogP contribution in [0.1, 0.15) is 52.4 Å². The second kappa shape index (κ2) is 7.14. The molecule has 71 valence electrons. The Labute approximate surface area is 75.0 Å². The molecule has 1 radical (unpaired) electrons. The highest BCUT2D eigenvalue weighted by Crippen LogP contribution is 2.14. The van der Waals surface area contributed by atoms with Crippen LogP contribution in [0.4, 0.5) is 0 Å². The van der Waals surface area contributed by atoms with Gasteiger partial charge in [-0.1, -0.05) is 39.5 Å². The van der Waals surface area contributed by atoms with Crippen molar-refractivity contribution in [3.63, 3.8) is 0 Å². The van der Waals surface area contributed by atoms with Gasteiger partial charge in [-0.3, -0.25) is 0 Å². The number of carbonyl (C=O) groups excluding carboxylic acids is 1. The third-order valence-electron chi connectivity index (χ3n) is 2.14. The lowest BCUT2D eigenvalue weighted by molar-refractivity contribution is -0.143. The molecule has 0 bridgehead atoms. The lowest BCUT2D eigenvalue weighted by atomic mass is 9.98. The normalized spacial score (nSPS) is 12.8. The van der Waals surface area contributed by atoms with Crippen LogP contribution in [0.5, 0.6) is 0 Å². The molecule has 0 heterocycles. The Kier molecular flexibility index (Phi) is 6.82. The summed E-state index contributed by atoms with van der Waals surface area (Å²) >= 11 is 0. The van der Waals surface area contributed by atoms with Gasteiger partial charge in [0.05, 0.1) is 6.42 Å². The molecule has 2 nitrogen and oxygen atoms in total. The van der Waals surface area contributed by atoms with Gasteiger partial charge < -0.3 is 0 Å². The van der Waals surface area contributed by atoms with E-state index in [-0.39, 0.29) is 6.42 Å². The minimum atomic E-state index is -0.919. The van der Waals surface area contributed by atoms with E-state index in [0.29, 0.717) is 5.92 Å². The molecular formula is C10H19O2. The molecule has 0 N–H and O–H groups in total. The molecule has 0 aliphatic heterocycles. The molecule has 0 aromatic rings. The maximum Gasteiger partial charge on any atom is 0.355 e. The van der Waals surface area contributed by atoms with Crippen molar-refractivity contribution in [3.05, 3.63) is 0 Å². The topological polar surface area (TPSA) is 37.0 Å². The standard InChI is InChI=1S/C10H19O2/c1-3-4-5-6-9(2)7-8-10(11)12/h9H,3-8H2,1-2H3. The number of unbranched alkanes of at least 4 members (excludes halogenated alkanes) is 2. The van der Waals surface area contributed by atoms with Crippen LogP contribution in [0.3, 0.4) is 0 Å². The first-order valence-corrected chi connectivity index (χ1v) is 4.86. The van der Waals surface area contributed by atoms with Gasteiger partial charge in [0.25, 0.3) is 0 Å². The Balaban J connectivity index is 3.21. The molecule has 0 fully saturated rings. The summed E-state index contributed by atoms with van der Waals surface area (Å²) in [5, 5.41) is 10.1. The molecule has 0 spiro atoms. The minimum absolute atomic E-state index is 0.216. The van der Waals surface area contributed by atoms with E-state index in [4.69, 9.17) is 0 Å². The Morgan fingerprint density at radius 1 is 1.25 bits per heavy atom. The third-order valence-corrected chi connectivity index (χ3v) is 2.14. The van der Waals surface area contributed by atoms with Crippen LogP contribution in [-0.4, -0.2) is 5.97 Å². The zero-order valence-corrected chi connectivity index (χ0v) is 8.14. The highest BCUT2D eigenvalue weighted by atomic mass is 16.4. The van der Waals surface area contributed by atoms with E-state index >= 15 is 0 Å². The average Bonchev–Trinajstić information content (AvgIpc) is 2.01. The van der Waals surface area contributed by atoms with Crippen LogP contribution in [-0.2, 0) is 9.90 Å². The molecule has 2 heteroatoms. The van der Waals surface area contributed by atoms with Gasteiger partial charge in [0.2, 0.25) is 0 Å². The molecule has 0 saturated heterocycles. The minimum Gasteiger partial charge on any atom is -0.247 e. The smallest absolute Gasteiger partial charge is 0.247 e. The summed E-state index contributed by atoms with van der Waals surface area (Å²) in [4.78, 5) is 10.1. The largest absolute Gasteiger partial charge is 0.355 e. The summed E-state index contributed by atoms with van der Waals surface area (Å²) in [6, 6.07) is 0. The summed E-state index contributed by atoms with van der Waals surface area (Å²) in [6.07, 6.45) is 5.86. The van der Waals surface area contributed by atoms with Gasteiger partial charge >= 0.3 is 5.97 Å². The molecule has 12 heavy (non-hydrogen) atoms. The van der Waals surface area contributed by atoms with Gasteiger partial charge in [0.15, 0.2) is 0 Å². The summed E-state index contributed by atoms with van der Waals surface area (Å²) in [7, 11) is 0. The SMILES string of the molecule is CCCCCC(C)CCC([O])=O. The first-order chi connectivity index (χ1) is 5.66. The van der Waals surface area contributed by atoms with Gasteiger partial charge in [0, 0.05) is 0 Å². The van der Waals surface area contributed by atoms with E-state index < -0.39 is 5.97 Å². The van der Waals surface area contributed by atoms with Crippen molar-refractivity contribution in [2.45, 2.75) is 52.4 Å². The van der Waals surface area contributed by atoms with Gasteiger partial charge in [-0.2, -0.15) is 0 Å². The maximum absolute atomic E-state index is 10.1. The fraction of sp³-hybridized carbons (Fsp3) is 0.900. The van der Waals surface area contributed by atoms with E-state index in [1.807, 2.05) is 0 Å². The lowest BCUT2D eigenvalue weighted by Crippen LogP contribution is -1.99. The predicted octanol–water partition coefficient (Wildman–Crippen LogP) is 2.94. The molecule has 1 unspecified atom stereocenters. The molecule has 0 aromatic carbocycles. The van der Waals surface area contributed by atoms with Crippen molar-refractivity contribution in [1.82, 2.24) is 0 Å². The average molecular weight is 171 g/mol. The lowest BCUT2D eigenvalue weighted by Gasteiger charge is -2.07. The van der Waals surface area contributed by atoms with Crippen molar-refractivity contribution in [3.8, 4) is 0 Å². The van der Waals surface area contributed by atoms with Crippen LogP contribution in [0.2, 0.25) is 0 Å². The first kappa shape index (κ1) is 11.5. The fourth-order valence-corrected chi connectivity index (χ4v) is 1.25. The predicted molar refractivity (Wildman–Crippen MR) is 48.2 cm³/mol. The second-order valence-electron chi connectivity index (χ2n) is 3.51. The van der Waals surface area contributed by atoms with E-state index in [9.17, 15) is 9.90 Å². The quantitative estimate of drug-likeness (QED) is 0.542. The van der Waals surface area contributed by atoms with E-state index in [0.717, 1.165) is 12.8 Å². The van der Waals surface area contributed by atoms with Crippen LogP contribution < -0.4 is 0 Å². The third kappa shape index (κ3) is 7.58. The van der Waals surface area contributed by atoms with Crippen molar-refractivity contribution in [1.29, 1.82) is 0 Å². The monoisotopic (exact) mass is 171 g/mol. The second-order valence-corrected chi connectivity index (χ2v) is 3.51. The van der Waals surface area contributed by atoms with Crippen molar-refractivity contribution in [2.24, 2.45) is 5.92 Å². The Morgan fingerprint density at radius 2 is 1.92 bits per heavy atom. The highest BCUT2D eigenvalue weighted by Gasteiger charge is 2.05. The van der Waals surface area contributed by atoms with Crippen LogP contribution in [0.25, 0.3) is 0 Å². The molecule has 0 aromatic heterocycles. The Hall–Kier alpha value is -0.530. The molecule has 0 rings (SSSR count). The van der Waals surface area contributed by atoms with Gasteiger partial charge in [-0.25, -0.2) is 9.90 Å². The number of hydrogen-bond acceptors (Lipinski definition) is 1. The Morgan fingerprint density at radius 3 is 2.42 bits per heavy atom. The highest BCUT2D eigenvalue weighted by molar-refractivity contribution is 5.66. The summed E-state index contributed by atoms with van der Waals surface area (Å²) in [6.45, 7) is 4.28. The first-order valence-electron chi connectivity index (χ1n) is 4.86. The summed E-state index contributed by atoms with van der Waals surface area (Å²) in [5.41, 5.74) is 0. The molecule has 0 amide bonds. The van der Waals surface area contributed by atoms with Crippen molar-refractivity contribution < 1.29 is 9.90 Å². The van der Waals surface area contributed by atoms with Gasteiger partial charge in [-0.15, -0.1) is 0 Å². The zero-order chi connectivity index (χ0) is 9.40. The van der Waals surface area contributed by atoms with Crippen LogP contribution >= 0.6 is 0 Å². The number of rotatable bonds is 7. The van der Waals surface area contributed by atoms with Crippen LogP contribution in [0, 0.1) is 5.92 Å². The zero-order valence-electron chi connectivity index (χ0n) is 8.14.